The standard InChI is InChI=1S/C43H84N4O14S/c1-15-18-45-24-43(53)30(9)58-33(22-41(43,11)56-14)60-35-27(6)37(61-39-34(48)31(20-26(5)57-39)46(13)62(44,54)55)40(10,51)21-25(4)23-47(19-16-2)29(8)36(49)42(12,52)32(17-3)59-38(50)28(35)7/h25-37,39,45,48-49,51-53H,15-24H2,1-14H3,(H2,44,54,55)/t25-,26-,27+,28-,29-,30+,31+,32-,33+,34-,35+,36-,37-,39+,40-,41-,42-,43+/m1/s1. The minimum Gasteiger partial charge on any atom is -0.459 e. The van der Waals surface area contributed by atoms with Crippen molar-refractivity contribution in [3.63, 3.8) is 0 Å². The zero-order chi connectivity index (χ0) is 47.3. The van der Waals surface area contributed by atoms with Gasteiger partial charge in [0, 0.05) is 45.6 Å². The Morgan fingerprint density at radius 3 is 2.15 bits per heavy atom. The summed E-state index contributed by atoms with van der Waals surface area (Å²) in [6.07, 6.45) is -8.47. The molecule has 8 N–H and O–H groups in total. The molecule has 0 unspecified atom stereocenters. The van der Waals surface area contributed by atoms with Crippen molar-refractivity contribution in [3.8, 4) is 0 Å². The molecule has 0 aliphatic carbocycles. The first-order chi connectivity index (χ1) is 28.6. The fraction of sp³-hybridized carbons (Fsp3) is 0.977. The number of hydrogen-bond donors (Lipinski definition) is 7. The number of aliphatic hydroxyl groups is 5. The van der Waals surface area contributed by atoms with E-state index in [4.69, 9.17) is 33.6 Å². The highest BCUT2D eigenvalue weighted by Gasteiger charge is 2.58. The van der Waals surface area contributed by atoms with Crippen LogP contribution in [-0.2, 0) is 43.4 Å². The maximum atomic E-state index is 14.5. The van der Waals surface area contributed by atoms with E-state index in [-0.39, 0.29) is 38.1 Å². The second-order valence-electron chi connectivity index (χ2n) is 19.3. The summed E-state index contributed by atoms with van der Waals surface area (Å²) in [7, 11) is -1.48. The molecule has 3 saturated heterocycles. The van der Waals surface area contributed by atoms with Crippen molar-refractivity contribution in [2.45, 2.75) is 211 Å². The first-order valence-corrected chi connectivity index (χ1v) is 24.2. The molecule has 3 rings (SSSR count). The lowest BCUT2D eigenvalue weighted by Crippen LogP contribution is -2.70. The number of ether oxygens (including phenoxy) is 6. The molecule has 0 amide bonds. The van der Waals surface area contributed by atoms with Crippen LogP contribution in [0, 0.1) is 17.8 Å². The summed E-state index contributed by atoms with van der Waals surface area (Å²) in [5.74, 6) is -3.08. The van der Waals surface area contributed by atoms with Gasteiger partial charge < -0.3 is 59.3 Å². The first kappa shape index (κ1) is 55.2. The molecule has 0 spiro atoms. The first-order valence-electron chi connectivity index (χ1n) is 22.7. The Balaban J connectivity index is 2.24. The monoisotopic (exact) mass is 913 g/mol. The van der Waals surface area contributed by atoms with Crippen LogP contribution in [0.3, 0.4) is 0 Å². The van der Waals surface area contributed by atoms with Crippen molar-refractivity contribution in [3.05, 3.63) is 0 Å². The molecule has 18 nitrogen and oxygen atoms in total. The molecule has 3 aliphatic heterocycles. The van der Waals surface area contributed by atoms with Gasteiger partial charge in [-0.25, -0.2) is 5.14 Å². The Bertz CT molecular complexity index is 1530. The van der Waals surface area contributed by atoms with Crippen molar-refractivity contribution < 1.29 is 67.2 Å². The van der Waals surface area contributed by atoms with E-state index in [0.717, 1.165) is 17.1 Å². The highest BCUT2D eigenvalue weighted by atomic mass is 32.2. The van der Waals surface area contributed by atoms with E-state index >= 15 is 0 Å². The average Bonchev–Trinajstić information content (AvgIpc) is 3.18. The van der Waals surface area contributed by atoms with E-state index in [0.29, 0.717) is 19.6 Å². The van der Waals surface area contributed by atoms with Gasteiger partial charge in [0.2, 0.25) is 0 Å². The molecule has 0 aromatic rings. The molecule has 0 radical (unpaired) electrons. The van der Waals surface area contributed by atoms with Crippen LogP contribution in [0.1, 0.15) is 122 Å². The number of likely N-dealkylation sites (N-methyl/N-ethyl adjacent to an activating group) is 1. The molecule has 366 valence electrons. The second-order valence-corrected chi connectivity index (χ2v) is 20.9. The zero-order valence-corrected chi connectivity index (χ0v) is 40.8. The molecule has 0 bridgehead atoms. The number of nitrogens with two attached hydrogens (primary N) is 1. The maximum Gasteiger partial charge on any atom is 0.311 e. The minimum atomic E-state index is -4.24. The number of hydrogen-bond acceptors (Lipinski definition) is 16. The summed E-state index contributed by atoms with van der Waals surface area (Å²) in [5, 5.41) is 69.1. The van der Waals surface area contributed by atoms with Crippen molar-refractivity contribution in [2.24, 2.45) is 22.9 Å². The third-order valence-corrected chi connectivity index (χ3v) is 15.1. The summed E-state index contributed by atoms with van der Waals surface area (Å²) < 4.78 is 64.1. The Morgan fingerprint density at radius 1 is 0.968 bits per heavy atom. The number of methoxy groups -OCH3 is 1. The summed E-state index contributed by atoms with van der Waals surface area (Å²) >= 11 is 0. The van der Waals surface area contributed by atoms with E-state index in [1.165, 1.54) is 21.1 Å². The Morgan fingerprint density at radius 2 is 1.60 bits per heavy atom. The summed E-state index contributed by atoms with van der Waals surface area (Å²) in [5.41, 5.74) is -6.30. The van der Waals surface area contributed by atoms with Crippen LogP contribution in [0.25, 0.3) is 0 Å². The van der Waals surface area contributed by atoms with Crippen molar-refractivity contribution in [2.75, 3.05) is 40.3 Å². The molecule has 62 heavy (non-hydrogen) atoms. The summed E-state index contributed by atoms with van der Waals surface area (Å²) in [6.45, 7) is 22.9. The van der Waals surface area contributed by atoms with Crippen LogP contribution in [-0.4, -0.2) is 179 Å². The van der Waals surface area contributed by atoms with Crippen molar-refractivity contribution in [1.82, 2.24) is 14.5 Å². The number of nitrogens with zero attached hydrogens (tertiary/aromatic N) is 2. The molecule has 3 aliphatic rings. The van der Waals surface area contributed by atoms with Gasteiger partial charge in [0.1, 0.15) is 35.1 Å². The SMILES string of the molecule is CCCNC[C@]1(O)[C@H](C)O[C@@H](O[C@H]2[C@H](C)[C@@H](O[C@@H]3O[C@H](C)C[C@H](N(C)S(N)(=O)=O)[C@H]3O)[C@](C)(O)C[C@@H](C)CN(CCC)[C@H](C)[C@@H](O)[C@](C)(O)[C@@H](CC)OC(=O)[C@@H]2C)C[C@@]1(C)OC. The van der Waals surface area contributed by atoms with Crippen LogP contribution >= 0.6 is 0 Å². The Kier molecular flexibility index (Phi) is 19.7. The Hall–Kier alpha value is -1.14. The van der Waals surface area contributed by atoms with Gasteiger partial charge >= 0.3 is 5.97 Å². The van der Waals surface area contributed by atoms with Crippen LogP contribution in [0.15, 0.2) is 0 Å². The average molecular weight is 913 g/mol. The van der Waals surface area contributed by atoms with Crippen LogP contribution in [0.4, 0.5) is 0 Å². The third kappa shape index (κ3) is 12.4. The largest absolute Gasteiger partial charge is 0.459 e. The lowest BCUT2D eigenvalue weighted by Gasteiger charge is -2.53. The normalized spacial score (nSPS) is 45.0. The fourth-order valence-electron chi connectivity index (χ4n) is 10.1. The van der Waals surface area contributed by atoms with Crippen LogP contribution < -0.4 is 10.5 Å². The Labute approximate surface area is 371 Å². The number of esters is 1. The van der Waals surface area contributed by atoms with Gasteiger partial charge in [-0.05, 0) is 99.6 Å². The van der Waals surface area contributed by atoms with Crippen molar-refractivity contribution >= 4 is 16.2 Å². The van der Waals surface area contributed by atoms with E-state index in [9.17, 15) is 38.7 Å². The van der Waals surface area contributed by atoms with Gasteiger partial charge in [-0.1, -0.05) is 34.6 Å². The molecule has 0 aromatic heterocycles. The predicted octanol–water partition coefficient (Wildman–Crippen LogP) is 1.62. The zero-order valence-electron chi connectivity index (χ0n) is 39.9. The van der Waals surface area contributed by atoms with Crippen LogP contribution in [0.5, 0.6) is 0 Å². The predicted molar refractivity (Wildman–Crippen MR) is 233 cm³/mol. The summed E-state index contributed by atoms with van der Waals surface area (Å²) in [6, 6.07) is -1.63. The second kappa shape index (κ2) is 22.1. The highest BCUT2D eigenvalue weighted by molar-refractivity contribution is 7.86. The topological polar surface area (TPSA) is 252 Å². The lowest BCUT2D eigenvalue weighted by molar-refractivity contribution is -0.336. The van der Waals surface area contributed by atoms with Gasteiger partial charge in [0.05, 0.1) is 42.0 Å². The number of carbonyl (C=O) groups is 1. The molecule has 3 fully saturated rings. The van der Waals surface area contributed by atoms with Gasteiger partial charge in [0.15, 0.2) is 12.6 Å². The van der Waals surface area contributed by atoms with Crippen LogP contribution in [0.2, 0.25) is 0 Å². The summed E-state index contributed by atoms with van der Waals surface area (Å²) in [4.78, 5) is 16.6. The smallest absolute Gasteiger partial charge is 0.311 e. The highest BCUT2D eigenvalue weighted by Crippen LogP contribution is 2.43. The van der Waals surface area contributed by atoms with Gasteiger partial charge in [0.25, 0.3) is 10.2 Å². The molecular weight excluding hydrogens is 829 g/mol. The minimum absolute atomic E-state index is 0.0231. The molecule has 0 saturated carbocycles. The number of rotatable bonds is 14. The maximum absolute atomic E-state index is 14.5. The lowest BCUT2D eigenvalue weighted by atomic mass is 9.75. The van der Waals surface area contributed by atoms with E-state index in [1.807, 2.05) is 32.6 Å². The molecule has 18 atom stereocenters. The number of carbonyl (C=O) groups excluding carboxylic acids is 1. The van der Waals surface area contributed by atoms with Crippen molar-refractivity contribution in [1.29, 1.82) is 0 Å². The molecule has 3 heterocycles. The van der Waals surface area contributed by atoms with E-state index in [2.05, 4.69) is 5.32 Å². The molecule has 0 aromatic carbocycles. The van der Waals surface area contributed by atoms with E-state index in [1.54, 1.807) is 48.5 Å². The van der Waals surface area contributed by atoms with Gasteiger partial charge in [-0.3, -0.25) is 9.69 Å². The quantitative estimate of drug-likeness (QED) is 0.0966. The van der Waals surface area contributed by atoms with Gasteiger partial charge in [-0.15, -0.1) is 0 Å². The number of aliphatic hydroxyl groups excluding tert-OH is 2. The van der Waals surface area contributed by atoms with Gasteiger partial charge in [-0.2, -0.15) is 12.7 Å². The third-order valence-electron chi connectivity index (χ3n) is 14.0. The fourth-order valence-corrected chi connectivity index (χ4v) is 10.7. The number of cyclic esters (lactones) is 1. The molecular formula is C43H84N4O14S. The molecule has 19 heteroatoms. The van der Waals surface area contributed by atoms with E-state index < -0.39 is 118 Å². The number of nitrogens with one attached hydrogen (secondary N) is 1.